The van der Waals surface area contributed by atoms with Crippen LogP contribution in [0.25, 0.3) is 0 Å². The van der Waals surface area contributed by atoms with E-state index in [-0.39, 0.29) is 12.3 Å². The van der Waals surface area contributed by atoms with E-state index in [4.69, 9.17) is 16.6 Å². The van der Waals surface area contributed by atoms with Crippen LogP contribution in [0.4, 0.5) is 0 Å². The molecule has 1 amide bonds. The van der Waals surface area contributed by atoms with E-state index in [0.29, 0.717) is 0 Å². The quantitative estimate of drug-likeness (QED) is 0.348. The topological polar surface area (TPSA) is 67.4 Å². The molecule has 30 heavy (non-hydrogen) atoms. The maximum absolute atomic E-state index is 12.1. The molecule has 2 rings (SSSR count). The SMILES string of the molecule is CC(C)(C)[C@H](NCl)C(=O)ONC(=O)Cc1ccc(CCCCc2ccccc2)cc1. The van der Waals surface area contributed by atoms with E-state index >= 15 is 0 Å². The molecule has 0 bridgehead atoms. The zero-order valence-corrected chi connectivity index (χ0v) is 18.7. The van der Waals surface area contributed by atoms with Crippen LogP contribution in [-0.2, 0) is 33.7 Å². The average molecular weight is 431 g/mol. The molecular formula is C24H31ClN2O3. The van der Waals surface area contributed by atoms with Crippen LogP contribution >= 0.6 is 11.8 Å². The average Bonchev–Trinajstić information content (AvgIpc) is 2.71. The van der Waals surface area contributed by atoms with Gasteiger partial charge in [-0.05, 0) is 59.6 Å². The van der Waals surface area contributed by atoms with E-state index in [1.165, 1.54) is 11.1 Å². The van der Waals surface area contributed by atoms with Crippen molar-refractivity contribution in [1.82, 2.24) is 10.3 Å². The monoisotopic (exact) mass is 430 g/mol. The Morgan fingerprint density at radius 2 is 1.43 bits per heavy atom. The fourth-order valence-electron chi connectivity index (χ4n) is 3.08. The summed E-state index contributed by atoms with van der Waals surface area (Å²) in [7, 11) is 0. The molecule has 0 radical (unpaired) electrons. The van der Waals surface area contributed by atoms with Gasteiger partial charge in [-0.25, -0.2) is 9.63 Å². The van der Waals surface area contributed by atoms with Gasteiger partial charge < -0.3 is 4.84 Å². The second-order valence-electron chi connectivity index (χ2n) is 8.54. The normalized spacial score (nSPS) is 12.3. The molecule has 0 aliphatic carbocycles. The van der Waals surface area contributed by atoms with Gasteiger partial charge in [0.2, 0.25) is 0 Å². The molecule has 0 aliphatic rings. The molecule has 5 nitrogen and oxygen atoms in total. The fraction of sp³-hybridized carbons (Fsp3) is 0.417. The van der Waals surface area contributed by atoms with Crippen molar-refractivity contribution in [3.8, 4) is 0 Å². The van der Waals surface area contributed by atoms with E-state index in [0.717, 1.165) is 31.2 Å². The second-order valence-corrected chi connectivity index (χ2v) is 8.76. The lowest BCUT2D eigenvalue weighted by molar-refractivity contribution is -0.162. The van der Waals surface area contributed by atoms with Crippen LogP contribution in [0.1, 0.15) is 50.3 Å². The Balaban J connectivity index is 1.71. The number of hydrogen-bond acceptors (Lipinski definition) is 4. The lowest BCUT2D eigenvalue weighted by atomic mass is 9.87. The summed E-state index contributed by atoms with van der Waals surface area (Å²) in [6, 6.07) is 17.7. The predicted molar refractivity (Wildman–Crippen MR) is 120 cm³/mol. The van der Waals surface area contributed by atoms with Crippen LogP contribution in [0.5, 0.6) is 0 Å². The van der Waals surface area contributed by atoms with Gasteiger partial charge in [0.15, 0.2) is 0 Å². The maximum Gasteiger partial charge on any atom is 0.350 e. The molecule has 2 aromatic rings. The summed E-state index contributed by atoms with van der Waals surface area (Å²) in [4.78, 5) is 31.4. The molecule has 2 N–H and O–H groups in total. The van der Waals surface area contributed by atoms with Gasteiger partial charge in [-0.15, -0.1) is 0 Å². The number of hydrogen-bond donors (Lipinski definition) is 2. The summed E-state index contributed by atoms with van der Waals surface area (Å²) >= 11 is 5.62. The number of nitrogens with one attached hydrogen (secondary N) is 2. The Bertz CT molecular complexity index is 801. The zero-order valence-electron chi connectivity index (χ0n) is 17.9. The van der Waals surface area contributed by atoms with E-state index in [1.807, 2.05) is 51.1 Å². The third-order valence-electron chi connectivity index (χ3n) is 4.89. The molecule has 0 aliphatic heterocycles. The van der Waals surface area contributed by atoms with E-state index < -0.39 is 17.4 Å². The maximum atomic E-state index is 12.1. The molecule has 0 unspecified atom stereocenters. The summed E-state index contributed by atoms with van der Waals surface area (Å²) in [5, 5.41) is 0. The van der Waals surface area contributed by atoms with Crippen LogP contribution in [0, 0.1) is 5.41 Å². The molecular weight excluding hydrogens is 400 g/mol. The van der Waals surface area contributed by atoms with Crippen molar-refractivity contribution in [2.75, 3.05) is 0 Å². The summed E-state index contributed by atoms with van der Waals surface area (Å²) in [6.45, 7) is 5.54. The summed E-state index contributed by atoms with van der Waals surface area (Å²) in [5.41, 5.74) is 5.24. The third-order valence-corrected chi connectivity index (χ3v) is 5.11. The molecule has 0 heterocycles. The van der Waals surface area contributed by atoms with Crippen molar-refractivity contribution in [3.63, 3.8) is 0 Å². The number of aryl methyl sites for hydroxylation is 2. The van der Waals surface area contributed by atoms with Crippen LogP contribution in [0.3, 0.4) is 0 Å². The van der Waals surface area contributed by atoms with Crippen molar-refractivity contribution in [3.05, 3.63) is 71.3 Å². The largest absolute Gasteiger partial charge is 0.350 e. The van der Waals surface area contributed by atoms with Crippen LogP contribution in [0.2, 0.25) is 0 Å². The van der Waals surface area contributed by atoms with Crippen molar-refractivity contribution < 1.29 is 14.4 Å². The number of rotatable bonds is 9. The lowest BCUT2D eigenvalue weighted by Gasteiger charge is -2.26. The fourth-order valence-corrected chi connectivity index (χ4v) is 3.49. The Hall–Kier alpha value is -2.37. The van der Waals surface area contributed by atoms with Gasteiger partial charge in [-0.3, -0.25) is 4.79 Å². The third kappa shape index (κ3) is 8.17. The van der Waals surface area contributed by atoms with E-state index in [1.54, 1.807) is 0 Å². The first kappa shape index (κ1) is 23.9. The Morgan fingerprint density at radius 1 is 0.900 bits per heavy atom. The highest BCUT2D eigenvalue weighted by molar-refractivity contribution is 6.15. The van der Waals surface area contributed by atoms with Gasteiger partial charge in [-0.1, -0.05) is 75.4 Å². The smallest absolute Gasteiger partial charge is 0.339 e. The van der Waals surface area contributed by atoms with Crippen LogP contribution in [-0.4, -0.2) is 17.9 Å². The number of carbonyl (C=O) groups excluding carboxylic acids is 2. The van der Waals surface area contributed by atoms with Gasteiger partial charge in [0.05, 0.1) is 6.42 Å². The Kier molecular flexibility index (Phi) is 9.34. The standard InChI is InChI=1S/C24H31ClN2O3/c1-24(2,3)22(26-25)23(29)30-27-21(28)17-20-15-13-19(14-16-20)12-8-7-11-18-9-5-4-6-10-18/h4-6,9-10,13-16,22,26H,7-8,11-12,17H2,1-3H3,(H,27,28)/t22-/m1/s1. The minimum absolute atomic E-state index is 0.135. The first-order chi connectivity index (χ1) is 14.3. The van der Waals surface area contributed by atoms with Gasteiger partial charge >= 0.3 is 5.97 Å². The number of unbranched alkanes of at least 4 members (excludes halogenated alkanes) is 1. The van der Waals surface area contributed by atoms with E-state index in [9.17, 15) is 9.59 Å². The second kappa shape index (κ2) is 11.7. The molecule has 0 spiro atoms. The van der Waals surface area contributed by atoms with Gasteiger partial charge in [0, 0.05) is 0 Å². The van der Waals surface area contributed by atoms with Crippen molar-refractivity contribution in [2.24, 2.45) is 5.41 Å². The molecule has 0 saturated carbocycles. The minimum atomic E-state index is -0.736. The van der Waals surface area contributed by atoms with Crippen molar-refractivity contribution in [1.29, 1.82) is 0 Å². The van der Waals surface area contributed by atoms with Crippen molar-refractivity contribution >= 4 is 23.7 Å². The molecule has 1 atom stereocenters. The minimum Gasteiger partial charge on any atom is -0.339 e. The van der Waals surface area contributed by atoms with Crippen LogP contribution < -0.4 is 10.3 Å². The van der Waals surface area contributed by atoms with Crippen LogP contribution in [0.15, 0.2) is 54.6 Å². The highest BCUT2D eigenvalue weighted by Gasteiger charge is 2.32. The summed E-state index contributed by atoms with van der Waals surface area (Å²) in [5.74, 6) is -1.02. The summed E-state index contributed by atoms with van der Waals surface area (Å²) in [6.07, 6.45) is 4.50. The predicted octanol–water partition coefficient (Wildman–Crippen LogP) is 4.53. The molecule has 6 heteroatoms. The molecule has 0 fully saturated rings. The number of hydroxylamine groups is 1. The summed E-state index contributed by atoms with van der Waals surface area (Å²) < 4.78 is 0. The number of benzene rings is 2. The highest BCUT2D eigenvalue weighted by atomic mass is 35.5. The molecule has 2 aromatic carbocycles. The number of carbonyl (C=O) groups is 2. The Labute approximate surface area is 184 Å². The number of halogens is 1. The first-order valence-corrected chi connectivity index (χ1v) is 10.6. The molecule has 0 saturated heterocycles. The van der Waals surface area contributed by atoms with Crippen molar-refractivity contribution in [2.45, 2.75) is 58.9 Å². The Morgan fingerprint density at radius 3 is 1.97 bits per heavy atom. The highest BCUT2D eigenvalue weighted by Crippen LogP contribution is 2.20. The molecule has 0 aromatic heterocycles. The first-order valence-electron chi connectivity index (χ1n) is 10.3. The molecule has 162 valence electrons. The number of amides is 1. The van der Waals surface area contributed by atoms with Gasteiger partial charge in [0.1, 0.15) is 6.04 Å². The van der Waals surface area contributed by atoms with Gasteiger partial charge in [-0.2, -0.15) is 5.48 Å². The lowest BCUT2D eigenvalue weighted by Crippen LogP contribution is -2.46. The van der Waals surface area contributed by atoms with Gasteiger partial charge in [0.25, 0.3) is 5.91 Å². The van der Waals surface area contributed by atoms with E-state index in [2.05, 4.69) is 34.6 Å². The zero-order chi connectivity index (χ0) is 22.0.